The molecule has 1 aromatic rings. The molecule has 76 valence electrons. The van der Waals surface area contributed by atoms with Gasteiger partial charge in [0.2, 0.25) is 0 Å². The Morgan fingerprint density at radius 1 is 1.07 bits per heavy atom. The van der Waals surface area contributed by atoms with Crippen LogP contribution in [0.4, 0.5) is 5.69 Å². The highest BCUT2D eigenvalue weighted by Gasteiger charge is 2.13. The molecule has 1 aromatic carbocycles. The molecule has 2 N–H and O–H groups in total. The Bertz CT molecular complexity index is 271. The van der Waals surface area contributed by atoms with Gasteiger partial charge < -0.3 is 10.6 Å². The monoisotopic (exact) mass is 190 g/mol. The van der Waals surface area contributed by atoms with Gasteiger partial charge in [-0.3, -0.25) is 0 Å². The smallest absolute Gasteiger partial charge is 0.0366 e. The summed E-state index contributed by atoms with van der Waals surface area (Å²) in [4.78, 5) is 2.44. The van der Waals surface area contributed by atoms with Gasteiger partial charge in [0.1, 0.15) is 0 Å². The van der Waals surface area contributed by atoms with Crippen LogP contribution in [0.1, 0.15) is 19.3 Å². The van der Waals surface area contributed by atoms with Crippen LogP contribution in [0.5, 0.6) is 0 Å². The third-order valence-corrected chi connectivity index (χ3v) is 2.89. The van der Waals surface area contributed by atoms with Gasteiger partial charge in [-0.25, -0.2) is 0 Å². The molecule has 1 aliphatic rings. The second-order valence-corrected chi connectivity index (χ2v) is 4.01. The molecular formula is C12H18N2. The average Bonchev–Trinajstić information content (AvgIpc) is 2.44. The Morgan fingerprint density at radius 3 is 2.64 bits per heavy atom. The molecule has 1 fully saturated rings. The van der Waals surface area contributed by atoms with E-state index in [9.17, 15) is 0 Å². The van der Waals surface area contributed by atoms with Gasteiger partial charge in [0.15, 0.2) is 0 Å². The van der Waals surface area contributed by atoms with E-state index in [1.54, 1.807) is 0 Å². The van der Waals surface area contributed by atoms with Crippen LogP contribution in [0.15, 0.2) is 30.3 Å². The predicted octanol–water partition coefficient (Wildman–Crippen LogP) is 2.00. The van der Waals surface area contributed by atoms with E-state index in [1.165, 1.54) is 18.5 Å². The summed E-state index contributed by atoms with van der Waals surface area (Å²) in [6, 6.07) is 11.0. The van der Waals surface area contributed by atoms with Crippen molar-refractivity contribution < 1.29 is 0 Å². The molecule has 1 saturated heterocycles. The lowest BCUT2D eigenvalue weighted by atomic mass is 10.1. The fourth-order valence-corrected chi connectivity index (χ4v) is 2.02. The molecule has 14 heavy (non-hydrogen) atoms. The van der Waals surface area contributed by atoms with Crippen molar-refractivity contribution in [3.63, 3.8) is 0 Å². The molecule has 1 atom stereocenters. The normalized spacial score (nSPS) is 23.2. The fraction of sp³-hybridized carbons (Fsp3) is 0.500. The Hall–Kier alpha value is -1.02. The lowest BCUT2D eigenvalue weighted by Gasteiger charge is -2.22. The molecular weight excluding hydrogens is 172 g/mol. The van der Waals surface area contributed by atoms with Crippen LogP contribution in [0, 0.1) is 0 Å². The summed E-state index contributed by atoms with van der Waals surface area (Å²) in [5.74, 6) is 0. The van der Waals surface area contributed by atoms with Crippen LogP contribution < -0.4 is 10.6 Å². The van der Waals surface area contributed by atoms with Crippen LogP contribution in [0.3, 0.4) is 0 Å². The highest BCUT2D eigenvalue weighted by molar-refractivity contribution is 5.45. The minimum atomic E-state index is 0.406. The van der Waals surface area contributed by atoms with Crippen LogP contribution >= 0.6 is 0 Å². The highest BCUT2D eigenvalue weighted by atomic mass is 15.1. The lowest BCUT2D eigenvalue weighted by Crippen LogP contribution is -2.26. The van der Waals surface area contributed by atoms with Crippen molar-refractivity contribution >= 4 is 5.69 Å². The second kappa shape index (κ2) is 4.47. The summed E-state index contributed by atoms with van der Waals surface area (Å²) in [6.07, 6.45) is 3.51. The minimum absolute atomic E-state index is 0.406. The maximum absolute atomic E-state index is 5.95. The van der Waals surface area contributed by atoms with E-state index < -0.39 is 0 Å². The molecule has 0 saturated carbocycles. The maximum atomic E-state index is 5.95. The van der Waals surface area contributed by atoms with Gasteiger partial charge in [-0.15, -0.1) is 0 Å². The van der Waals surface area contributed by atoms with Gasteiger partial charge in [0, 0.05) is 24.8 Å². The number of anilines is 1. The summed E-state index contributed by atoms with van der Waals surface area (Å²) < 4.78 is 0. The number of nitrogens with zero attached hydrogens (tertiary/aromatic N) is 1. The van der Waals surface area contributed by atoms with Gasteiger partial charge in [-0.05, 0) is 31.4 Å². The maximum Gasteiger partial charge on any atom is 0.0366 e. The van der Waals surface area contributed by atoms with Gasteiger partial charge in [0.25, 0.3) is 0 Å². The predicted molar refractivity (Wildman–Crippen MR) is 60.5 cm³/mol. The van der Waals surface area contributed by atoms with E-state index in [1.807, 2.05) is 0 Å². The summed E-state index contributed by atoms with van der Waals surface area (Å²) in [5, 5.41) is 0. The van der Waals surface area contributed by atoms with Crippen molar-refractivity contribution in [3.8, 4) is 0 Å². The van der Waals surface area contributed by atoms with Crippen LogP contribution in [-0.4, -0.2) is 19.1 Å². The Balaban J connectivity index is 2.04. The molecule has 1 unspecified atom stereocenters. The minimum Gasteiger partial charge on any atom is -0.371 e. The van der Waals surface area contributed by atoms with E-state index in [0.29, 0.717) is 6.04 Å². The molecule has 0 radical (unpaired) electrons. The first-order chi connectivity index (χ1) is 6.86. The standard InChI is InChI=1S/C12H18N2/c13-11-5-4-9-14(10-8-11)12-6-2-1-3-7-12/h1-3,6-7,11H,4-5,8-10,13H2. The first-order valence-corrected chi connectivity index (χ1v) is 5.42. The average molecular weight is 190 g/mol. The largest absolute Gasteiger partial charge is 0.371 e. The first-order valence-electron chi connectivity index (χ1n) is 5.42. The summed E-state index contributed by atoms with van der Waals surface area (Å²) in [7, 11) is 0. The SMILES string of the molecule is NC1CCCN(c2ccccc2)CC1. The zero-order valence-electron chi connectivity index (χ0n) is 8.52. The van der Waals surface area contributed by atoms with Gasteiger partial charge in [-0.1, -0.05) is 18.2 Å². The molecule has 1 aliphatic heterocycles. The molecule has 0 spiro atoms. The lowest BCUT2D eigenvalue weighted by molar-refractivity contribution is 0.601. The Labute approximate surface area is 85.7 Å². The Morgan fingerprint density at radius 2 is 1.86 bits per heavy atom. The quantitative estimate of drug-likeness (QED) is 0.734. The van der Waals surface area contributed by atoms with E-state index in [2.05, 4.69) is 35.2 Å². The van der Waals surface area contributed by atoms with Crippen molar-refractivity contribution in [2.24, 2.45) is 5.73 Å². The van der Waals surface area contributed by atoms with E-state index in [4.69, 9.17) is 5.73 Å². The number of para-hydroxylation sites is 1. The molecule has 0 aromatic heterocycles. The summed E-state index contributed by atoms with van der Waals surface area (Å²) in [5.41, 5.74) is 7.28. The molecule has 0 amide bonds. The van der Waals surface area contributed by atoms with Crippen molar-refractivity contribution in [1.29, 1.82) is 0 Å². The Kier molecular flexibility index (Phi) is 3.04. The molecule has 2 heteroatoms. The first kappa shape index (κ1) is 9.53. The fourth-order valence-electron chi connectivity index (χ4n) is 2.02. The topological polar surface area (TPSA) is 29.3 Å². The number of hydrogen-bond acceptors (Lipinski definition) is 2. The summed E-state index contributed by atoms with van der Waals surface area (Å²) in [6.45, 7) is 2.25. The van der Waals surface area contributed by atoms with Crippen molar-refractivity contribution in [2.45, 2.75) is 25.3 Å². The highest BCUT2D eigenvalue weighted by Crippen LogP contribution is 2.18. The zero-order valence-corrected chi connectivity index (χ0v) is 8.52. The third kappa shape index (κ3) is 2.26. The number of hydrogen-bond donors (Lipinski definition) is 1. The number of rotatable bonds is 1. The second-order valence-electron chi connectivity index (χ2n) is 4.01. The third-order valence-electron chi connectivity index (χ3n) is 2.89. The van der Waals surface area contributed by atoms with Gasteiger partial charge in [0.05, 0.1) is 0 Å². The van der Waals surface area contributed by atoms with Crippen LogP contribution in [-0.2, 0) is 0 Å². The van der Waals surface area contributed by atoms with Gasteiger partial charge >= 0.3 is 0 Å². The molecule has 2 nitrogen and oxygen atoms in total. The van der Waals surface area contributed by atoms with Crippen molar-refractivity contribution in [2.75, 3.05) is 18.0 Å². The molecule has 0 bridgehead atoms. The van der Waals surface area contributed by atoms with Crippen LogP contribution in [0.2, 0.25) is 0 Å². The summed E-state index contributed by atoms with van der Waals surface area (Å²) >= 11 is 0. The molecule has 0 aliphatic carbocycles. The van der Waals surface area contributed by atoms with Crippen molar-refractivity contribution in [3.05, 3.63) is 30.3 Å². The van der Waals surface area contributed by atoms with E-state index in [-0.39, 0.29) is 0 Å². The van der Waals surface area contributed by atoms with E-state index in [0.717, 1.165) is 19.5 Å². The van der Waals surface area contributed by atoms with Crippen LogP contribution in [0.25, 0.3) is 0 Å². The van der Waals surface area contributed by atoms with E-state index >= 15 is 0 Å². The zero-order chi connectivity index (χ0) is 9.80. The molecule has 2 rings (SSSR count). The van der Waals surface area contributed by atoms with Crippen molar-refractivity contribution in [1.82, 2.24) is 0 Å². The number of nitrogens with two attached hydrogens (primary N) is 1. The number of benzene rings is 1. The van der Waals surface area contributed by atoms with Gasteiger partial charge in [-0.2, -0.15) is 0 Å². The molecule has 1 heterocycles.